The number of imidazole rings is 1. The molecular formula is C33H28F2N6O. The number of pyridine rings is 1. The highest BCUT2D eigenvalue weighted by atomic mass is 19.1. The molecule has 0 unspecified atom stereocenters. The molecule has 0 bridgehead atoms. The highest BCUT2D eigenvalue weighted by Gasteiger charge is 2.28. The summed E-state index contributed by atoms with van der Waals surface area (Å²) < 4.78 is 31.6. The normalized spacial score (nSPS) is 14.2. The molecule has 42 heavy (non-hydrogen) atoms. The summed E-state index contributed by atoms with van der Waals surface area (Å²) in [5.74, 6) is 0.446. The molecule has 1 saturated heterocycles. The predicted octanol–water partition coefficient (Wildman–Crippen LogP) is 6.33. The van der Waals surface area contributed by atoms with Crippen LogP contribution in [0.4, 0.5) is 8.78 Å². The first-order valence-electron chi connectivity index (χ1n) is 14.0. The second kappa shape index (κ2) is 10.5. The average Bonchev–Trinajstić information content (AvgIpc) is 3.54. The SMILES string of the molecule is Cn1nc(-c2cncc(F)c2)c2ccc(C(=O)N3CCC(c4nc5ccccc5n4Cc4cccc(F)c4)CC3)cc21. The summed E-state index contributed by atoms with van der Waals surface area (Å²) in [5.41, 5.74) is 5.42. The molecule has 1 aliphatic rings. The van der Waals surface area contributed by atoms with Gasteiger partial charge < -0.3 is 9.47 Å². The number of nitrogens with zero attached hydrogens (tertiary/aromatic N) is 6. The van der Waals surface area contributed by atoms with Gasteiger partial charge in [0.15, 0.2) is 0 Å². The molecule has 6 aromatic rings. The molecule has 0 atom stereocenters. The Hall–Kier alpha value is -4.92. The van der Waals surface area contributed by atoms with Crippen molar-refractivity contribution in [3.63, 3.8) is 0 Å². The second-order valence-corrected chi connectivity index (χ2v) is 10.8. The lowest BCUT2D eigenvalue weighted by Gasteiger charge is -2.32. The lowest BCUT2D eigenvalue weighted by Crippen LogP contribution is -2.38. The Labute approximate surface area is 241 Å². The van der Waals surface area contributed by atoms with E-state index < -0.39 is 5.82 Å². The largest absolute Gasteiger partial charge is 0.339 e. The zero-order valence-corrected chi connectivity index (χ0v) is 23.0. The van der Waals surface area contributed by atoms with E-state index in [2.05, 4.69) is 20.7 Å². The van der Waals surface area contributed by atoms with Crippen molar-refractivity contribution < 1.29 is 13.6 Å². The zero-order valence-electron chi connectivity index (χ0n) is 23.0. The minimum absolute atomic E-state index is 0.0289. The van der Waals surface area contributed by atoms with Crippen LogP contribution in [-0.4, -0.2) is 48.2 Å². The van der Waals surface area contributed by atoms with Crippen LogP contribution in [0.3, 0.4) is 0 Å². The van der Waals surface area contributed by atoms with Crippen LogP contribution < -0.4 is 0 Å². The van der Waals surface area contributed by atoms with Crippen molar-refractivity contribution in [3.8, 4) is 11.3 Å². The van der Waals surface area contributed by atoms with Crippen LogP contribution >= 0.6 is 0 Å². The van der Waals surface area contributed by atoms with Crippen molar-refractivity contribution >= 4 is 27.8 Å². The van der Waals surface area contributed by atoms with Crippen LogP contribution in [-0.2, 0) is 13.6 Å². The molecule has 3 aromatic heterocycles. The van der Waals surface area contributed by atoms with Crippen LogP contribution in [0.25, 0.3) is 33.2 Å². The van der Waals surface area contributed by atoms with E-state index in [1.54, 1.807) is 23.0 Å². The minimum atomic E-state index is -0.425. The lowest BCUT2D eigenvalue weighted by molar-refractivity contribution is 0.0710. The van der Waals surface area contributed by atoms with E-state index in [-0.39, 0.29) is 17.6 Å². The molecule has 0 saturated carbocycles. The van der Waals surface area contributed by atoms with E-state index in [4.69, 9.17) is 4.98 Å². The summed E-state index contributed by atoms with van der Waals surface area (Å²) in [6, 6.07) is 21.7. The van der Waals surface area contributed by atoms with Crippen LogP contribution in [0, 0.1) is 11.6 Å². The molecule has 4 heterocycles. The summed E-state index contributed by atoms with van der Waals surface area (Å²) in [4.78, 5) is 24.4. The van der Waals surface area contributed by atoms with Crippen LogP contribution in [0.5, 0.6) is 0 Å². The van der Waals surface area contributed by atoms with Gasteiger partial charge in [-0.05, 0) is 66.9 Å². The van der Waals surface area contributed by atoms with E-state index in [1.807, 2.05) is 54.4 Å². The minimum Gasteiger partial charge on any atom is -0.339 e. The number of para-hydroxylation sites is 2. The molecule has 1 aliphatic heterocycles. The third-order valence-corrected chi connectivity index (χ3v) is 8.14. The van der Waals surface area contributed by atoms with Gasteiger partial charge in [-0.25, -0.2) is 13.8 Å². The molecule has 3 aromatic carbocycles. The number of fused-ring (bicyclic) bond motifs is 2. The zero-order chi connectivity index (χ0) is 28.8. The number of carbonyl (C=O) groups excluding carboxylic acids is 1. The van der Waals surface area contributed by atoms with Gasteiger partial charge in [-0.2, -0.15) is 5.10 Å². The monoisotopic (exact) mass is 562 g/mol. The smallest absolute Gasteiger partial charge is 0.253 e. The molecule has 0 aliphatic carbocycles. The molecule has 9 heteroatoms. The Morgan fingerprint density at radius 3 is 2.55 bits per heavy atom. The molecular weight excluding hydrogens is 534 g/mol. The average molecular weight is 563 g/mol. The number of rotatable bonds is 5. The summed E-state index contributed by atoms with van der Waals surface area (Å²) in [7, 11) is 1.81. The quantitative estimate of drug-likeness (QED) is 0.246. The maximum atomic E-state index is 13.9. The highest BCUT2D eigenvalue weighted by molar-refractivity contribution is 6.01. The Kier molecular flexibility index (Phi) is 6.49. The topological polar surface area (TPSA) is 68.8 Å². The number of piperidine rings is 1. The molecule has 210 valence electrons. The molecule has 0 radical (unpaired) electrons. The van der Waals surface area contributed by atoms with Gasteiger partial charge in [0.25, 0.3) is 5.91 Å². The van der Waals surface area contributed by atoms with Gasteiger partial charge >= 0.3 is 0 Å². The molecule has 0 N–H and O–H groups in total. The summed E-state index contributed by atoms with van der Waals surface area (Å²) in [6.45, 7) is 1.75. The molecule has 0 spiro atoms. The highest BCUT2D eigenvalue weighted by Crippen LogP contribution is 2.33. The number of aryl methyl sites for hydroxylation is 1. The fraction of sp³-hybridized carbons (Fsp3) is 0.212. The van der Waals surface area contributed by atoms with Gasteiger partial charge in [-0.15, -0.1) is 0 Å². The van der Waals surface area contributed by atoms with Gasteiger partial charge in [0.1, 0.15) is 23.2 Å². The second-order valence-electron chi connectivity index (χ2n) is 10.8. The maximum absolute atomic E-state index is 13.9. The van der Waals surface area contributed by atoms with Gasteiger partial charge in [0.2, 0.25) is 0 Å². The van der Waals surface area contributed by atoms with E-state index in [0.29, 0.717) is 36.5 Å². The summed E-state index contributed by atoms with van der Waals surface area (Å²) in [5, 5.41) is 5.40. The van der Waals surface area contributed by atoms with Gasteiger partial charge in [0, 0.05) is 55.3 Å². The van der Waals surface area contributed by atoms with Crippen LogP contribution in [0.15, 0.2) is 85.2 Å². The van der Waals surface area contributed by atoms with Crippen LogP contribution in [0.2, 0.25) is 0 Å². The first-order chi connectivity index (χ1) is 20.4. The van der Waals surface area contributed by atoms with E-state index in [9.17, 15) is 13.6 Å². The van der Waals surface area contributed by atoms with Gasteiger partial charge in [-0.1, -0.05) is 24.3 Å². The number of aromatic nitrogens is 5. The predicted molar refractivity (Wildman–Crippen MR) is 157 cm³/mol. The third-order valence-electron chi connectivity index (χ3n) is 8.14. The van der Waals surface area contributed by atoms with Crippen molar-refractivity contribution in [1.29, 1.82) is 0 Å². The van der Waals surface area contributed by atoms with Crippen molar-refractivity contribution in [2.24, 2.45) is 7.05 Å². The van der Waals surface area contributed by atoms with Crippen molar-refractivity contribution in [2.75, 3.05) is 13.1 Å². The van der Waals surface area contributed by atoms with E-state index in [0.717, 1.165) is 52.4 Å². The Morgan fingerprint density at radius 1 is 0.905 bits per heavy atom. The molecule has 1 fully saturated rings. The van der Waals surface area contributed by atoms with Crippen molar-refractivity contribution in [1.82, 2.24) is 29.2 Å². The molecule has 7 rings (SSSR count). The van der Waals surface area contributed by atoms with E-state index in [1.165, 1.54) is 12.1 Å². The fourth-order valence-corrected chi connectivity index (χ4v) is 6.06. The Balaban J connectivity index is 1.11. The van der Waals surface area contributed by atoms with Crippen molar-refractivity contribution in [3.05, 3.63) is 114 Å². The number of likely N-dealkylation sites (tertiary alicyclic amines) is 1. The number of hydrogen-bond donors (Lipinski definition) is 0. The number of amides is 1. The summed E-state index contributed by atoms with van der Waals surface area (Å²) >= 11 is 0. The number of hydrogen-bond acceptors (Lipinski definition) is 4. The van der Waals surface area contributed by atoms with Crippen molar-refractivity contribution in [2.45, 2.75) is 25.3 Å². The standard InChI is InChI=1S/C33H28F2N6O/c1-39-30-17-23(9-10-27(30)31(38-39)24-16-26(35)19-36-18-24)33(42)40-13-11-22(12-14-40)32-37-28-7-2-3-8-29(28)41(32)20-21-5-4-6-25(34)15-21/h2-10,15-19,22H,11-14,20H2,1H3. The first-order valence-corrected chi connectivity index (χ1v) is 14.0. The number of halogens is 2. The van der Waals surface area contributed by atoms with Gasteiger partial charge in [0.05, 0.1) is 22.7 Å². The Morgan fingerprint density at radius 2 is 1.74 bits per heavy atom. The van der Waals surface area contributed by atoms with Crippen LogP contribution in [0.1, 0.15) is 40.5 Å². The number of carbonyl (C=O) groups is 1. The molecule has 1 amide bonds. The third kappa shape index (κ3) is 4.70. The molecule has 7 nitrogen and oxygen atoms in total. The lowest BCUT2D eigenvalue weighted by atomic mass is 9.95. The number of benzene rings is 3. The summed E-state index contributed by atoms with van der Waals surface area (Å²) in [6.07, 6.45) is 4.31. The first kappa shape index (κ1) is 26.0. The van der Waals surface area contributed by atoms with E-state index >= 15 is 0 Å². The Bertz CT molecular complexity index is 1950. The van der Waals surface area contributed by atoms with Gasteiger partial charge in [-0.3, -0.25) is 14.5 Å². The fourth-order valence-electron chi connectivity index (χ4n) is 6.06. The maximum Gasteiger partial charge on any atom is 0.253 e.